The van der Waals surface area contributed by atoms with E-state index in [-0.39, 0.29) is 29.5 Å². The second-order valence-electron chi connectivity index (χ2n) is 7.29. The average molecular weight is 586 g/mol. The third-order valence-corrected chi connectivity index (χ3v) is 8.05. The lowest BCUT2D eigenvalue weighted by molar-refractivity contribution is -0.203. The third kappa shape index (κ3) is 6.15. The van der Waals surface area contributed by atoms with E-state index in [0.717, 1.165) is 10.9 Å². The summed E-state index contributed by atoms with van der Waals surface area (Å²) in [6.07, 6.45) is -4.47. The Balaban J connectivity index is 1.98. The van der Waals surface area contributed by atoms with Gasteiger partial charge < -0.3 is 34.2 Å². The van der Waals surface area contributed by atoms with Gasteiger partial charge in [0.05, 0.1) is 15.7 Å². The number of phosphoric ester groups is 1. The highest BCUT2D eigenvalue weighted by molar-refractivity contribution is 7.66. The maximum atomic E-state index is 15.9. The predicted molar refractivity (Wildman–Crippen MR) is 111 cm³/mol. The van der Waals surface area contributed by atoms with Crippen molar-refractivity contribution < 1.29 is 72.5 Å². The molecule has 0 radical (unpaired) electrons. The van der Waals surface area contributed by atoms with Gasteiger partial charge in [0.25, 0.3) is 5.85 Å². The van der Waals surface area contributed by atoms with Crippen LogP contribution in [0.2, 0.25) is 0 Å². The Bertz CT molecular complexity index is 1380. The second-order valence-corrected chi connectivity index (χ2v) is 11.6. The van der Waals surface area contributed by atoms with Gasteiger partial charge in [-0.05, 0) is 20.8 Å². The van der Waals surface area contributed by atoms with E-state index in [2.05, 4.69) is 28.1 Å². The van der Waals surface area contributed by atoms with Gasteiger partial charge in [-0.2, -0.15) is 13.6 Å². The Morgan fingerprint density at radius 1 is 1.19 bits per heavy atom. The topological polar surface area (TPSA) is 242 Å². The smallest absolute Gasteiger partial charge is 0.476 e. The molecule has 22 heteroatoms. The van der Waals surface area contributed by atoms with Crippen molar-refractivity contribution in [3.8, 4) is 5.88 Å². The first-order chi connectivity index (χ1) is 17.1. The van der Waals surface area contributed by atoms with Crippen LogP contribution in [0, 0.1) is 6.92 Å². The lowest BCUT2D eigenvalue weighted by atomic mass is 9.97. The fourth-order valence-corrected chi connectivity index (χ4v) is 5.95. The van der Waals surface area contributed by atoms with E-state index >= 15 is 8.78 Å². The summed E-state index contributed by atoms with van der Waals surface area (Å²) in [6.45, 7) is -0.537. The summed E-state index contributed by atoms with van der Waals surface area (Å²) in [5.41, 5.74) is -3.46. The van der Waals surface area contributed by atoms with Gasteiger partial charge in [-0.3, -0.25) is 9.09 Å². The molecule has 1 fully saturated rings. The van der Waals surface area contributed by atoms with Crippen LogP contribution in [-0.2, 0) is 31.6 Å². The standard InChI is InChI=1S/C14H21F2N4O13P3/c1-4-29-10-8-9(18-7(2)19-10)20(6-17-8)12-13(3,15)11(21)14(16,31-12)5-30-35(25,26)33-36(27,28)32-34(22,23)24/h6,11-12,21H,4-5H2,1-3H3,(H,25,26)(H,27,28)(H2,22,23,24)/t11-,12+,13+,14+/m0/s1/i5D2. The summed E-state index contributed by atoms with van der Waals surface area (Å²) >= 11 is 0. The first-order valence-electron chi connectivity index (χ1n) is 10.5. The molecule has 2 aromatic heterocycles. The molecule has 0 saturated carbocycles. The van der Waals surface area contributed by atoms with Crippen molar-refractivity contribution in [3.63, 3.8) is 0 Å². The number of ether oxygens (including phenoxy) is 2. The molecule has 6 atom stereocenters. The molecule has 2 unspecified atom stereocenters. The highest BCUT2D eigenvalue weighted by Gasteiger charge is 2.65. The van der Waals surface area contributed by atoms with Gasteiger partial charge in [-0.15, -0.1) is 0 Å². The second kappa shape index (κ2) is 9.69. The number of hydrogen-bond donors (Lipinski definition) is 5. The predicted octanol–water partition coefficient (Wildman–Crippen LogP) is 1.16. The molecule has 0 spiro atoms. The van der Waals surface area contributed by atoms with Crippen LogP contribution in [0.25, 0.3) is 11.2 Å². The van der Waals surface area contributed by atoms with E-state index in [1.807, 2.05) is 0 Å². The molecule has 0 aliphatic carbocycles. The zero-order valence-corrected chi connectivity index (χ0v) is 21.0. The minimum absolute atomic E-state index is 0.0395. The molecule has 1 aliphatic heterocycles. The number of rotatable bonds is 10. The van der Waals surface area contributed by atoms with E-state index in [9.17, 15) is 28.6 Å². The fourth-order valence-electron chi connectivity index (χ4n) is 3.07. The van der Waals surface area contributed by atoms with Crippen LogP contribution in [-0.4, -0.2) is 75.0 Å². The van der Waals surface area contributed by atoms with Crippen LogP contribution in [0.5, 0.6) is 5.88 Å². The molecule has 2 aromatic rings. The molecule has 3 heterocycles. The zero-order chi connectivity index (χ0) is 29.1. The van der Waals surface area contributed by atoms with Crippen LogP contribution in [0.4, 0.5) is 8.78 Å². The number of alkyl halides is 2. The van der Waals surface area contributed by atoms with Crippen LogP contribution < -0.4 is 4.74 Å². The van der Waals surface area contributed by atoms with Crippen LogP contribution in [0.15, 0.2) is 6.33 Å². The van der Waals surface area contributed by atoms with Crippen molar-refractivity contribution in [1.29, 1.82) is 0 Å². The summed E-state index contributed by atoms with van der Waals surface area (Å²) in [6, 6.07) is 0. The molecule has 0 aromatic carbocycles. The van der Waals surface area contributed by atoms with Crippen molar-refractivity contribution >= 4 is 34.6 Å². The molecular formula is C14H21F2N4O13P3. The first kappa shape index (κ1) is 26.2. The first-order valence-corrected chi connectivity index (χ1v) is 14.0. The van der Waals surface area contributed by atoms with Gasteiger partial charge in [0.2, 0.25) is 5.88 Å². The highest BCUT2D eigenvalue weighted by Crippen LogP contribution is 2.66. The molecule has 1 aliphatic rings. The molecule has 3 rings (SSSR count). The zero-order valence-electron chi connectivity index (χ0n) is 20.3. The Morgan fingerprint density at radius 3 is 2.42 bits per heavy atom. The number of imidazole rings is 1. The Hall–Kier alpha value is -1.46. The SMILES string of the molecule is [2H]C([2H])(OP(=O)(O)OP(=O)(O)OP(=O)(O)O)[C@@]1(F)O[C@@H](n2cnc3c(OCC)nc(C)nc32)[C@](C)(F)[C@@H]1O. The molecule has 0 bridgehead atoms. The third-order valence-electron chi connectivity index (χ3n) is 4.40. The minimum Gasteiger partial charge on any atom is -0.476 e. The number of halogens is 2. The number of aryl methyl sites for hydroxylation is 1. The van der Waals surface area contributed by atoms with E-state index in [1.54, 1.807) is 6.92 Å². The number of phosphoric acid groups is 3. The van der Waals surface area contributed by atoms with Gasteiger partial charge in [-0.1, -0.05) is 0 Å². The van der Waals surface area contributed by atoms with E-state index < -0.39 is 53.9 Å². The number of hydrogen-bond acceptors (Lipinski definition) is 12. The number of aliphatic hydroxyl groups excluding tert-OH is 1. The van der Waals surface area contributed by atoms with E-state index in [1.165, 1.54) is 6.92 Å². The van der Waals surface area contributed by atoms with Crippen LogP contribution in [0.3, 0.4) is 0 Å². The molecular weight excluding hydrogens is 563 g/mol. The number of aromatic nitrogens is 4. The van der Waals surface area contributed by atoms with Crippen molar-refractivity contribution in [2.24, 2.45) is 0 Å². The average Bonchev–Trinajstić information content (AvgIpc) is 3.17. The van der Waals surface area contributed by atoms with Gasteiger partial charge in [0.15, 0.2) is 29.2 Å². The molecule has 36 heavy (non-hydrogen) atoms. The monoisotopic (exact) mass is 586 g/mol. The summed E-state index contributed by atoms with van der Waals surface area (Å²) in [5.74, 6) is -4.27. The lowest BCUT2D eigenvalue weighted by Crippen LogP contribution is -2.46. The lowest BCUT2D eigenvalue weighted by Gasteiger charge is -2.25. The van der Waals surface area contributed by atoms with E-state index in [0.29, 0.717) is 6.92 Å². The van der Waals surface area contributed by atoms with Crippen molar-refractivity contribution in [2.75, 3.05) is 13.2 Å². The van der Waals surface area contributed by atoms with E-state index in [4.69, 9.17) is 22.0 Å². The van der Waals surface area contributed by atoms with Gasteiger partial charge in [0.1, 0.15) is 12.4 Å². The Kier molecular flexibility index (Phi) is 7.04. The Morgan fingerprint density at radius 2 is 1.83 bits per heavy atom. The maximum absolute atomic E-state index is 15.9. The largest absolute Gasteiger partial charge is 0.490 e. The van der Waals surface area contributed by atoms with Gasteiger partial charge in [0, 0.05) is 0 Å². The molecule has 204 valence electrons. The van der Waals surface area contributed by atoms with Gasteiger partial charge >= 0.3 is 23.5 Å². The van der Waals surface area contributed by atoms with Crippen LogP contribution >= 0.6 is 23.5 Å². The summed E-state index contributed by atoms with van der Waals surface area (Å²) < 4.78 is 103. The molecule has 17 nitrogen and oxygen atoms in total. The highest BCUT2D eigenvalue weighted by atomic mass is 31.3. The van der Waals surface area contributed by atoms with Crippen molar-refractivity contribution in [2.45, 2.75) is 44.6 Å². The number of aliphatic hydroxyl groups is 1. The summed E-state index contributed by atoms with van der Waals surface area (Å²) in [5, 5.41) is 10.4. The number of nitrogens with zero attached hydrogens (tertiary/aromatic N) is 4. The maximum Gasteiger partial charge on any atom is 0.490 e. The summed E-state index contributed by atoms with van der Waals surface area (Å²) in [7, 11) is -18.2. The quantitative estimate of drug-likeness (QED) is 0.245. The van der Waals surface area contributed by atoms with Crippen LogP contribution in [0.1, 0.15) is 28.6 Å². The molecule has 5 N–H and O–H groups in total. The minimum atomic E-state index is -6.29. The number of fused-ring (bicyclic) bond motifs is 1. The van der Waals surface area contributed by atoms with Crippen molar-refractivity contribution in [3.05, 3.63) is 12.2 Å². The summed E-state index contributed by atoms with van der Waals surface area (Å²) in [4.78, 5) is 48.0. The van der Waals surface area contributed by atoms with Crippen molar-refractivity contribution in [1.82, 2.24) is 19.5 Å². The van der Waals surface area contributed by atoms with Gasteiger partial charge in [-0.25, -0.2) is 32.4 Å². The fraction of sp³-hybridized carbons (Fsp3) is 0.643. The molecule has 0 amide bonds. The Labute approximate surface area is 203 Å². The molecule has 1 saturated heterocycles. The normalized spacial score (nSPS) is 31.5.